The summed E-state index contributed by atoms with van der Waals surface area (Å²) in [6, 6.07) is 8.12. The molecule has 1 fully saturated rings. The lowest BCUT2D eigenvalue weighted by molar-refractivity contribution is -0.142. The summed E-state index contributed by atoms with van der Waals surface area (Å²) in [5.41, 5.74) is 2.48. The standard InChI is InChI=1S/C14H15NO3/c16-13(11-7-12(11)14(17)18)15-6-5-9-3-1-2-4-10(9)8-15/h1-4,11-12H,5-8H2,(H,17,18)/t11-,12-/m1/s1. The first kappa shape index (κ1) is 11.3. The van der Waals surface area contributed by atoms with Crippen molar-refractivity contribution in [2.24, 2.45) is 11.8 Å². The highest BCUT2D eigenvalue weighted by molar-refractivity contribution is 5.89. The number of carboxylic acids is 1. The van der Waals surface area contributed by atoms with Crippen LogP contribution in [0.5, 0.6) is 0 Å². The Labute approximate surface area is 105 Å². The van der Waals surface area contributed by atoms with E-state index in [-0.39, 0.29) is 11.8 Å². The third-order valence-corrected chi connectivity index (χ3v) is 3.87. The largest absolute Gasteiger partial charge is 0.481 e. The van der Waals surface area contributed by atoms with Crippen LogP contribution in [0.1, 0.15) is 17.5 Å². The summed E-state index contributed by atoms with van der Waals surface area (Å²) in [6.07, 6.45) is 1.37. The van der Waals surface area contributed by atoms with Crippen molar-refractivity contribution >= 4 is 11.9 Å². The van der Waals surface area contributed by atoms with Gasteiger partial charge in [0.05, 0.1) is 11.8 Å². The van der Waals surface area contributed by atoms with Gasteiger partial charge in [-0.2, -0.15) is 0 Å². The summed E-state index contributed by atoms with van der Waals surface area (Å²) < 4.78 is 0. The molecule has 2 atom stereocenters. The topological polar surface area (TPSA) is 57.6 Å². The Kier molecular flexibility index (Phi) is 2.58. The van der Waals surface area contributed by atoms with E-state index in [0.717, 1.165) is 6.42 Å². The number of hydrogen-bond acceptors (Lipinski definition) is 2. The fraction of sp³-hybridized carbons (Fsp3) is 0.429. The summed E-state index contributed by atoms with van der Waals surface area (Å²) >= 11 is 0. The number of carbonyl (C=O) groups excluding carboxylic acids is 1. The van der Waals surface area contributed by atoms with Crippen molar-refractivity contribution < 1.29 is 14.7 Å². The predicted molar refractivity (Wildman–Crippen MR) is 64.8 cm³/mol. The summed E-state index contributed by atoms with van der Waals surface area (Å²) in [4.78, 5) is 24.7. The molecule has 4 nitrogen and oxygen atoms in total. The molecule has 0 saturated heterocycles. The lowest BCUT2D eigenvalue weighted by Crippen LogP contribution is -2.37. The molecule has 0 spiro atoms. The van der Waals surface area contributed by atoms with Gasteiger partial charge in [-0.3, -0.25) is 9.59 Å². The van der Waals surface area contributed by atoms with Gasteiger partial charge in [0.1, 0.15) is 0 Å². The molecule has 1 aromatic carbocycles. The van der Waals surface area contributed by atoms with Crippen LogP contribution in [0.2, 0.25) is 0 Å². The molecule has 1 aliphatic carbocycles. The zero-order chi connectivity index (χ0) is 12.7. The molecule has 94 valence electrons. The van der Waals surface area contributed by atoms with Crippen LogP contribution in [-0.2, 0) is 22.6 Å². The van der Waals surface area contributed by atoms with Gasteiger partial charge in [0.25, 0.3) is 0 Å². The Morgan fingerprint density at radius 1 is 1.17 bits per heavy atom. The first-order valence-corrected chi connectivity index (χ1v) is 6.25. The highest BCUT2D eigenvalue weighted by Crippen LogP contribution is 2.40. The van der Waals surface area contributed by atoms with Crippen molar-refractivity contribution in [2.45, 2.75) is 19.4 Å². The van der Waals surface area contributed by atoms with E-state index in [0.29, 0.717) is 19.5 Å². The molecule has 1 aromatic rings. The summed E-state index contributed by atoms with van der Waals surface area (Å²) in [6.45, 7) is 1.33. The number of nitrogens with zero attached hydrogens (tertiary/aromatic N) is 1. The molecule has 3 rings (SSSR count). The number of benzene rings is 1. The Morgan fingerprint density at radius 2 is 1.89 bits per heavy atom. The molecule has 1 N–H and O–H groups in total. The van der Waals surface area contributed by atoms with Crippen LogP contribution in [0.4, 0.5) is 0 Å². The normalized spacial score (nSPS) is 25.4. The average molecular weight is 245 g/mol. The number of aliphatic carboxylic acids is 1. The number of fused-ring (bicyclic) bond motifs is 1. The van der Waals surface area contributed by atoms with E-state index in [9.17, 15) is 9.59 Å². The molecule has 1 heterocycles. The van der Waals surface area contributed by atoms with Crippen LogP contribution < -0.4 is 0 Å². The van der Waals surface area contributed by atoms with Gasteiger partial charge in [-0.15, -0.1) is 0 Å². The number of carbonyl (C=O) groups is 2. The van der Waals surface area contributed by atoms with Gasteiger partial charge in [0.2, 0.25) is 5.91 Å². The quantitative estimate of drug-likeness (QED) is 0.854. The van der Waals surface area contributed by atoms with Crippen molar-refractivity contribution in [1.82, 2.24) is 4.90 Å². The average Bonchev–Trinajstić information content (AvgIpc) is 3.17. The fourth-order valence-corrected chi connectivity index (χ4v) is 2.66. The molecule has 1 amide bonds. The number of rotatable bonds is 2. The minimum atomic E-state index is -0.842. The van der Waals surface area contributed by atoms with Crippen molar-refractivity contribution in [3.05, 3.63) is 35.4 Å². The van der Waals surface area contributed by atoms with E-state index in [1.165, 1.54) is 11.1 Å². The lowest BCUT2D eigenvalue weighted by Gasteiger charge is -2.29. The molecule has 18 heavy (non-hydrogen) atoms. The number of amides is 1. The monoisotopic (exact) mass is 245 g/mol. The van der Waals surface area contributed by atoms with Crippen LogP contribution in [0.25, 0.3) is 0 Å². The van der Waals surface area contributed by atoms with Gasteiger partial charge >= 0.3 is 5.97 Å². The Hall–Kier alpha value is -1.84. The van der Waals surface area contributed by atoms with Gasteiger partial charge in [-0.05, 0) is 24.0 Å². The maximum atomic E-state index is 12.1. The minimum absolute atomic E-state index is 0.0110. The second kappa shape index (κ2) is 4.12. The van der Waals surface area contributed by atoms with E-state index < -0.39 is 11.9 Å². The van der Waals surface area contributed by atoms with Crippen LogP contribution in [0, 0.1) is 11.8 Å². The van der Waals surface area contributed by atoms with Crippen molar-refractivity contribution in [2.75, 3.05) is 6.54 Å². The zero-order valence-corrected chi connectivity index (χ0v) is 10.0. The molecular formula is C14H15NO3. The smallest absolute Gasteiger partial charge is 0.307 e. The summed E-state index contributed by atoms with van der Waals surface area (Å²) in [7, 11) is 0. The molecule has 0 bridgehead atoms. The second-order valence-corrected chi connectivity index (χ2v) is 5.07. The van der Waals surface area contributed by atoms with E-state index >= 15 is 0 Å². The van der Waals surface area contributed by atoms with Crippen LogP contribution in [0.15, 0.2) is 24.3 Å². The summed E-state index contributed by atoms with van der Waals surface area (Å²) in [5.74, 6) is -1.56. The van der Waals surface area contributed by atoms with Crippen LogP contribution in [0.3, 0.4) is 0 Å². The Morgan fingerprint density at radius 3 is 2.56 bits per heavy atom. The molecule has 1 aliphatic heterocycles. The van der Waals surface area contributed by atoms with Crippen molar-refractivity contribution in [1.29, 1.82) is 0 Å². The third kappa shape index (κ3) is 1.88. The molecule has 4 heteroatoms. The van der Waals surface area contributed by atoms with Crippen LogP contribution >= 0.6 is 0 Å². The fourth-order valence-electron chi connectivity index (χ4n) is 2.66. The lowest BCUT2D eigenvalue weighted by atomic mass is 9.99. The van der Waals surface area contributed by atoms with Gasteiger partial charge in [-0.25, -0.2) is 0 Å². The molecule has 0 aromatic heterocycles. The zero-order valence-electron chi connectivity index (χ0n) is 10.0. The van der Waals surface area contributed by atoms with Gasteiger partial charge in [-0.1, -0.05) is 24.3 Å². The maximum Gasteiger partial charge on any atom is 0.307 e. The summed E-state index contributed by atoms with van der Waals surface area (Å²) in [5, 5.41) is 8.86. The Balaban J connectivity index is 1.70. The molecule has 0 radical (unpaired) electrons. The Bertz CT molecular complexity index is 512. The van der Waals surface area contributed by atoms with E-state index in [1.54, 1.807) is 4.90 Å². The third-order valence-electron chi connectivity index (χ3n) is 3.87. The molecule has 2 aliphatic rings. The first-order chi connectivity index (χ1) is 8.66. The number of hydrogen-bond donors (Lipinski definition) is 1. The van der Waals surface area contributed by atoms with E-state index in [2.05, 4.69) is 6.07 Å². The van der Waals surface area contributed by atoms with E-state index in [1.807, 2.05) is 18.2 Å². The molecular weight excluding hydrogens is 230 g/mol. The minimum Gasteiger partial charge on any atom is -0.481 e. The predicted octanol–water partition coefficient (Wildman–Crippen LogP) is 1.29. The van der Waals surface area contributed by atoms with Gasteiger partial charge in [0, 0.05) is 13.1 Å². The van der Waals surface area contributed by atoms with Crippen molar-refractivity contribution in [3.8, 4) is 0 Å². The molecule has 0 unspecified atom stereocenters. The molecule has 1 saturated carbocycles. The SMILES string of the molecule is O=C(O)[C@@H]1C[C@H]1C(=O)N1CCc2ccccc2C1. The maximum absolute atomic E-state index is 12.1. The van der Waals surface area contributed by atoms with Crippen molar-refractivity contribution in [3.63, 3.8) is 0 Å². The first-order valence-electron chi connectivity index (χ1n) is 6.25. The highest BCUT2D eigenvalue weighted by atomic mass is 16.4. The second-order valence-electron chi connectivity index (χ2n) is 5.07. The van der Waals surface area contributed by atoms with Crippen LogP contribution in [-0.4, -0.2) is 28.4 Å². The van der Waals surface area contributed by atoms with Gasteiger partial charge in [0.15, 0.2) is 0 Å². The highest BCUT2D eigenvalue weighted by Gasteiger charge is 2.49. The van der Waals surface area contributed by atoms with Gasteiger partial charge < -0.3 is 10.0 Å². The van der Waals surface area contributed by atoms with E-state index in [4.69, 9.17) is 5.11 Å². The number of carboxylic acid groups (broad SMARTS) is 1.